The minimum Gasteiger partial charge on any atom is -0.305 e. The molecule has 3 rings (SSSR count). The molecule has 2 unspecified atom stereocenters. The first-order chi connectivity index (χ1) is 10.0. The average Bonchev–Trinajstić information content (AvgIpc) is 2.63. The summed E-state index contributed by atoms with van der Waals surface area (Å²) in [4.78, 5) is 30.5. The summed E-state index contributed by atoms with van der Waals surface area (Å²) in [6, 6.07) is 1.75. The van der Waals surface area contributed by atoms with Crippen molar-refractivity contribution in [3.05, 3.63) is 29.6 Å². The van der Waals surface area contributed by atoms with E-state index >= 15 is 0 Å². The average molecular weight is 287 g/mol. The van der Waals surface area contributed by atoms with E-state index in [1.165, 1.54) is 0 Å². The van der Waals surface area contributed by atoms with Gasteiger partial charge in [-0.25, -0.2) is 4.79 Å². The Bertz CT molecular complexity index is 587. The van der Waals surface area contributed by atoms with Crippen molar-refractivity contribution in [1.29, 1.82) is 0 Å². The number of aryl methyl sites for hydroxylation is 1. The van der Waals surface area contributed by atoms with Crippen LogP contribution in [0.1, 0.15) is 43.7 Å². The molecule has 1 N–H and O–H groups in total. The molecule has 0 radical (unpaired) electrons. The van der Waals surface area contributed by atoms with Gasteiger partial charge in [0.25, 0.3) is 5.91 Å². The molecule has 1 saturated heterocycles. The molecule has 1 spiro atoms. The first-order valence-electron chi connectivity index (χ1n) is 7.55. The largest absolute Gasteiger partial charge is 0.325 e. The van der Waals surface area contributed by atoms with Gasteiger partial charge in [0.1, 0.15) is 5.54 Å². The third-order valence-corrected chi connectivity index (χ3v) is 4.65. The van der Waals surface area contributed by atoms with Gasteiger partial charge in [-0.05, 0) is 36.8 Å². The molecule has 2 aliphatic rings. The second-order valence-electron chi connectivity index (χ2n) is 6.45. The summed E-state index contributed by atoms with van der Waals surface area (Å²) >= 11 is 0. The summed E-state index contributed by atoms with van der Waals surface area (Å²) in [5, 5.41) is 2.51. The lowest BCUT2D eigenvalue weighted by Gasteiger charge is -2.40. The quantitative estimate of drug-likeness (QED) is 0.850. The van der Waals surface area contributed by atoms with Gasteiger partial charge in [0.2, 0.25) is 0 Å². The van der Waals surface area contributed by atoms with E-state index in [4.69, 9.17) is 0 Å². The summed E-state index contributed by atoms with van der Waals surface area (Å²) in [5.74, 6) is 0.341. The van der Waals surface area contributed by atoms with Gasteiger partial charge in [-0.3, -0.25) is 15.1 Å². The summed E-state index contributed by atoms with van der Waals surface area (Å²) in [6.07, 6.45) is 7.19. The van der Waals surface area contributed by atoms with Gasteiger partial charge >= 0.3 is 6.03 Å². The summed E-state index contributed by atoms with van der Waals surface area (Å²) < 4.78 is 0. The molecule has 5 heteroatoms. The molecule has 2 atom stereocenters. The molecule has 112 valence electrons. The topological polar surface area (TPSA) is 62.3 Å². The van der Waals surface area contributed by atoms with E-state index in [1.54, 1.807) is 17.3 Å². The minimum absolute atomic E-state index is 0.125. The summed E-state index contributed by atoms with van der Waals surface area (Å²) in [5.41, 5.74) is 1.38. The number of aromatic nitrogens is 1. The zero-order valence-electron chi connectivity index (χ0n) is 12.6. The van der Waals surface area contributed by atoms with Crippen LogP contribution in [0.4, 0.5) is 4.79 Å². The van der Waals surface area contributed by atoms with Crippen LogP contribution in [0.25, 0.3) is 0 Å². The maximum absolute atomic E-state index is 12.4. The number of hydrogen-bond donors (Lipinski definition) is 1. The van der Waals surface area contributed by atoms with Gasteiger partial charge in [0.15, 0.2) is 0 Å². The molecule has 1 aromatic rings. The van der Waals surface area contributed by atoms with E-state index in [0.717, 1.165) is 36.8 Å². The molecule has 5 nitrogen and oxygen atoms in total. The minimum atomic E-state index is -0.654. The maximum atomic E-state index is 12.4. The number of rotatable bonds is 2. The van der Waals surface area contributed by atoms with Crippen molar-refractivity contribution < 1.29 is 9.59 Å². The van der Waals surface area contributed by atoms with Gasteiger partial charge < -0.3 is 4.90 Å². The van der Waals surface area contributed by atoms with Gasteiger partial charge in [-0.15, -0.1) is 0 Å². The van der Waals surface area contributed by atoms with E-state index in [9.17, 15) is 9.59 Å². The molecule has 1 aliphatic carbocycles. The molecule has 2 heterocycles. The van der Waals surface area contributed by atoms with Crippen LogP contribution in [-0.4, -0.2) is 27.4 Å². The van der Waals surface area contributed by atoms with E-state index < -0.39 is 5.54 Å². The fourth-order valence-corrected chi connectivity index (χ4v) is 3.68. The molecular formula is C16H21N3O2. The molecule has 1 aliphatic heterocycles. The maximum Gasteiger partial charge on any atom is 0.325 e. The van der Waals surface area contributed by atoms with Crippen molar-refractivity contribution in [2.45, 2.75) is 51.6 Å². The third-order valence-electron chi connectivity index (χ3n) is 4.65. The Morgan fingerprint density at radius 3 is 2.95 bits per heavy atom. The molecule has 0 aromatic carbocycles. The first kappa shape index (κ1) is 14.0. The van der Waals surface area contributed by atoms with E-state index in [0.29, 0.717) is 12.5 Å². The predicted octanol–water partition coefficient (Wildman–Crippen LogP) is 2.39. The number of nitrogens with one attached hydrogen (secondary N) is 1. The number of carbonyl (C=O) groups excluding carboxylic acids is 2. The summed E-state index contributed by atoms with van der Waals surface area (Å²) in [7, 11) is 0. The highest BCUT2D eigenvalue weighted by atomic mass is 16.2. The molecule has 1 saturated carbocycles. The van der Waals surface area contributed by atoms with E-state index in [-0.39, 0.29) is 11.9 Å². The van der Waals surface area contributed by atoms with E-state index in [2.05, 4.69) is 17.2 Å². The second-order valence-corrected chi connectivity index (χ2v) is 6.45. The highest BCUT2D eigenvalue weighted by molar-refractivity contribution is 6.07. The zero-order valence-corrected chi connectivity index (χ0v) is 12.6. The fraction of sp³-hybridized carbons (Fsp3) is 0.562. The zero-order chi connectivity index (χ0) is 15.0. The van der Waals surface area contributed by atoms with Crippen LogP contribution in [0, 0.1) is 12.8 Å². The Balaban J connectivity index is 1.90. The first-order valence-corrected chi connectivity index (χ1v) is 7.55. The van der Waals surface area contributed by atoms with Crippen LogP contribution in [0.15, 0.2) is 18.5 Å². The molecule has 0 bridgehead atoms. The van der Waals surface area contributed by atoms with Crippen molar-refractivity contribution in [2.24, 2.45) is 5.92 Å². The highest BCUT2D eigenvalue weighted by Gasteiger charge is 2.53. The summed E-state index contributed by atoms with van der Waals surface area (Å²) in [6.45, 7) is 4.58. The number of pyridine rings is 1. The fourth-order valence-electron chi connectivity index (χ4n) is 3.68. The second kappa shape index (κ2) is 5.13. The Hall–Kier alpha value is -1.91. The normalized spacial score (nSPS) is 29.0. The van der Waals surface area contributed by atoms with Crippen molar-refractivity contribution in [1.82, 2.24) is 15.2 Å². The number of urea groups is 1. The number of carbonyl (C=O) groups is 2. The third kappa shape index (κ3) is 2.41. The molecular weight excluding hydrogens is 266 g/mol. The van der Waals surface area contributed by atoms with Crippen LogP contribution in [0.3, 0.4) is 0 Å². The van der Waals surface area contributed by atoms with Crippen LogP contribution in [0.2, 0.25) is 0 Å². The van der Waals surface area contributed by atoms with E-state index in [1.807, 2.05) is 13.0 Å². The Kier molecular flexibility index (Phi) is 3.43. The lowest BCUT2D eigenvalue weighted by molar-refractivity contribution is -0.129. The predicted molar refractivity (Wildman–Crippen MR) is 78.4 cm³/mol. The van der Waals surface area contributed by atoms with Crippen molar-refractivity contribution in [3.63, 3.8) is 0 Å². The van der Waals surface area contributed by atoms with Gasteiger partial charge in [0.05, 0.1) is 6.54 Å². The van der Waals surface area contributed by atoms with Gasteiger partial charge in [-0.2, -0.15) is 0 Å². The number of amides is 3. The molecule has 21 heavy (non-hydrogen) atoms. The Morgan fingerprint density at radius 1 is 1.43 bits per heavy atom. The highest BCUT2D eigenvalue weighted by Crippen LogP contribution is 2.40. The van der Waals surface area contributed by atoms with Gasteiger partial charge in [0, 0.05) is 12.4 Å². The number of hydrogen-bond acceptors (Lipinski definition) is 3. The number of imide groups is 1. The van der Waals surface area contributed by atoms with Crippen LogP contribution in [0.5, 0.6) is 0 Å². The lowest BCUT2D eigenvalue weighted by atomic mass is 9.75. The Labute approximate surface area is 124 Å². The van der Waals surface area contributed by atoms with Gasteiger partial charge in [-0.1, -0.05) is 25.8 Å². The Morgan fingerprint density at radius 2 is 2.24 bits per heavy atom. The molecule has 3 amide bonds. The molecule has 1 aromatic heterocycles. The van der Waals surface area contributed by atoms with Crippen molar-refractivity contribution in [3.8, 4) is 0 Å². The monoisotopic (exact) mass is 287 g/mol. The van der Waals surface area contributed by atoms with Crippen LogP contribution in [-0.2, 0) is 11.3 Å². The number of nitrogens with zero attached hydrogens (tertiary/aromatic N) is 2. The van der Waals surface area contributed by atoms with Crippen LogP contribution >= 0.6 is 0 Å². The smallest absolute Gasteiger partial charge is 0.305 e. The van der Waals surface area contributed by atoms with Crippen LogP contribution < -0.4 is 5.32 Å². The SMILES string of the molecule is Cc1cncc(CN2C(=O)NC(=O)C23CCCC(C)C3)c1. The lowest BCUT2D eigenvalue weighted by Crippen LogP contribution is -2.52. The van der Waals surface area contributed by atoms with Crippen molar-refractivity contribution in [2.75, 3.05) is 0 Å². The standard InChI is InChI=1S/C16H21N3O2/c1-11-4-3-5-16(7-11)14(20)18-15(21)19(16)10-13-6-12(2)8-17-9-13/h6,8-9,11H,3-5,7,10H2,1-2H3,(H,18,20,21). The van der Waals surface area contributed by atoms with Crippen molar-refractivity contribution >= 4 is 11.9 Å². The molecule has 2 fully saturated rings.